The standard InChI is InChI=1S/C10H10FN3O/c11-8-4-2-1-3-7(8)5-9-13-10(6-12)15-14-9/h1-4H,5-6,12H2. The summed E-state index contributed by atoms with van der Waals surface area (Å²) >= 11 is 0. The predicted molar refractivity (Wildman–Crippen MR) is 51.4 cm³/mol. The maximum atomic E-state index is 13.3. The van der Waals surface area contributed by atoms with E-state index in [1.165, 1.54) is 6.07 Å². The van der Waals surface area contributed by atoms with Gasteiger partial charge in [0, 0.05) is 6.42 Å². The molecule has 4 nitrogen and oxygen atoms in total. The molecule has 2 aromatic rings. The topological polar surface area (TPSA) is 64.9 Å². The van der Waals surface area contributed by atoms with Crippen LogP contribution in [0.1, 0.15) is 17.3 Å². The van der Waals surface area contributed by atoms with Crippen molar-refractivity contribution in [3.05, 3.63) is 47.4 Å². The van der Waals surface area contributed by atoms with Gasteiger partial charge in [-0.1, -0.05) is 23.4 Å². The third-order valence-electron chi connectivity index (χ3n) is 1.99. The second-order valence-electron chi connectivity index (χ2n) is 3.08. The predicted octanol–water partition coefficient (Wildman–Crippen LogP) is 1.26. The van der Waals surface area contributed by atoms with E-state index in [9.17, 15) is 4.39 Å². The van der Waals surface area contributed by atoms with E-state index in [0.29, 0.717) is 23.7 Å². The van der Waals surface area contributed by atoms with Gasteiger partial charge in [0.2, 0.25) is 5.89 Å². The fraction of sp³-hybridized carbons (Fsp3) is 0.200. The minimum atomic E-state index is -0.267. The van der Waals surface area contributed by atoms with Crippen molar-refractivity contribution in [1.82, 2.24) is 10.1 Å². The number of rotatable bonds is 3. The molecule has 78 valence electrons. The summed E-state index contributed by atoms with van der Waals surface area (Å²) in [6.45, 7) is 0.199. The van der Waals surface area contributed by atoms with Gasteiger partial charge >= 0.3 is 0 Å². The van der Waals surface area contributed by atoms with E-state index in [2.05, 4.69) is 10.1 Å². The molecule has 0 aliphatic carbocycles. The second kappa shape index (κ2) is 4.18. The Morgan fingerprint density at radius 3 is 2.80 bits per heavy atom. The summed E-state index contributed by atoms with van der Waals surface area (Å²) < 4.78 is 18.1. The number of halogens is 1. The van der Waals surface area contributed by atoms with Gasteiger partial charge in [0.15, 0.2) is 5.82 Å². The Labute approximate surface area is 85.9 Å². The van der Waals surface area contributed by atoms with Crippen LogP contribution in [-0.4, -0.2) is 10.1 Å². The Balaban J connectivity index is 2.18. The molecule has 0 saturated heterocycles. The summed E-state index contributed by atoms with van der Waals surface area (Å²) in [4.78, 5) is 4.00. The van der Waals surface area contributed by atoms with Crippen LogP contribution >= 0.6 is 0 Å². The van der Waals surface area contributed by atoms with Gasteiger partial charge in [-0.05, 0) is 11.6 Å². The van der Waals surface area contributed by atoms with Crippen molar-refractivity contribution in [3.8, 4) is 0 Å². The van der Waals surface area contributed by atoms with Gasteiger partial charge in [-0.25, -0.2) is 4.39 Å². The molecule has 2 N–H and O–H groups in total. The van der Waals surface area contributed by atoms with Crippen LogP contribution in [0.2, 0.25) is 0 Å². The fourth-order valence-electron chi connectivity index (χ4n) is 1.26. The lowest BCUT2D eigenvalue weighted by Gasteiger charge is -1.97. The molecule has 0 aliphatic heterocycles. The largest absolute Gasteiger partial charge is 0.338 e. The first-order chi connectivity index (χ1) is 7.29. The Morgan fingerprint density at radius 1 is 1.33 bits per heavy atom. The van der Waals surface area contributed by atoms with Crippen LogP contribution in [-0.2, 0) is 13.0 Å². The zero-order valence-electron chi connectivity index (χ0n) is 7.98. The first-order valence-electron chi connectivity index (χ1n) is 4.54. The summed E-state index contributed by atoms with van der Waals surface area (Å²) in [6.07, 6.45) is 0.316. The lowest BCUT2D eigenvalue weighted by atomic mass is 10.1. The lowest BCUT2D eigenvalue weighted by molar-refractivity contribution is 0.375. The Kier molecular flexibility index (Phi) is 2.73. The van der Waals surface area contributed by atoms with Crippen LogP contribution < -0.4 is 5.73 Å². The van der Waals surface area contributed by atoms with Crippen molar-refractivity contribution in [2.24, 2.45) is 5.73 Å². The molecule has 2 rings (SSSR count). The average molecular weight is 207 g/mol. The molecule has 1 heterocycles. The third-order valence-corrected chi connectivity index (χ3v) is 1.99. The molecule has 0 amide bonds. The minimum Gasteiger partial charge on any atom is -0.338 e. The molecule has 1 aromatic carbocycles. The van der Waals surface area contributed by atoms with Gasteiger partial charge in [0.05, 0.1) is 6.54 Å². The average Bonchev–Trinajstić information content (AvgIpc) is 2.69. The van der Waals surface area contributed by atoms with Crippen LogP contribution in [0.25, 0.3) is 0 Å². The first kappa shape index (κ1) is 9.79. The third kappa shape index (κ3) is 2.19. The van der Waals surface area contributed by atoms with Gasteiger partial charge < -0.3 is 10.3 Å². The SMILES string of the molecule is NCc1nc(Cc2ccccc2F)no1. The molecule has 0 saturated carbocycles. The summed E-state index contributed by atoms with van der Waals surface area (Å²) in [5.74, 6) is 0.540. The number of nitrogens with two attached hydrogens (primary N) is 1. The molecule has 0 bridgehead atoms. The lowest BCUT2D eigenvalue weighted by Crippen LogP contribution is -1.97. The quantitative estimate of drug-likeness (QED) is 0.822. The summed E-state index contributed by atoms with van der Waals surface area (Å²) in [5, 5.41) is 3.69. The van der Waals surface area contributed by atoms with Crippen LogP contribution in [0.3, 0.4) is 0 Å². The van der Waals surface area contributed by atoms with E-state index in [4.69, 9.17) is 10.3 Å². The molecule has 0 fully saturated rings. The molecular formula is C10H10FN3O. The van der Waals surface area contributed by atoms with Crippen molar-refractivity contribution < 1.29 is 8.91 Å². The van der Waals surface area contributed by atoms with Crippen molar-refractivity contribution in [3.63, 3.8) is 0 Å². The van der Waals surface area contributed by atoms with E-state index in [0.717, 1.165) is 0 Å². The molecule has 0 radical (unpaired) electrons. The van der Waals surface area contributed by atoms with Gasteiger partial charge in [0.1, 0.15) is 5.82 Å². The highest BCUT2D eigenvalue weighted by Crippen LogP contribution is 2.10. The van der Waals surface area contributed by atoms with E-state index >= 15 is 0 Å². The van der Waals surface area contributed by atoms with Crippen molar-refractivity contribution in [1.29, 1.82) is 0 Å². The maximum Gasteiger partial charge on any atom is 0.240 e. The highest BCUT2D eigenvalue weighted by Gasteiger charge is 2.08. The van der Waals surface area contributed by atoms with Crippen molar-refractivity contribution in [2.45, 2.75) is 13.0 Å². The normalized spacial score (nSPS) is 10.5. The van der Waals surface area contributed by atoms with E-state index in [-0.39, 0.29) is 12.4 Å². The smallest absolute Gasteiger partial charge is 0.240 e. The molecule has 0 aliphatic rings. The van der Waals surface area contributed by atoms with Gasteiger partial charge in [0.25, 0.3) is 0 Å². The summed E-state index contributed by atoms with van der Waals surface area (Å²) in [7, 11) is 0. The minimum absolute atomic E-state index is 0.199. The van der Waals surface area contributed by atoms with Crippen molar-refractivity contribution in [2.75, 3.05) is 0 Å². The number of hydrogen-bond acceptors (Lipinski definition) is 4. The molecule has 1 aromatic heterocycles. The zero-order chi connectivity index (χ0) is 10.7. The van der Waals surface area contributed by atoms with Crippen LogP contribution in [0, 0.1) is 5.82 Å². The molecule has 0 unspecified atom stereocenters. The number of hydrogen-bond donors (Lipinski definition) is 1. The number of nitrogens with zero attached hydrogens (tertiary/aromatic N) is 2. The maximum absolute atomic E-state index is 13.3. The van der Waals surface area contributed by atoms with Crippen LogP contribution in [0.4, 0.5) is 4.39 Å². The second-order valence-corrected chi connectivity index (χ2v) is 3.08. The fourth-order valence-corrected chi connectivity index (χ4v) is 1.26. The Bertz CT molecular complexity index is 455. The van der Waals surface area contributed by atoms with E-state index in [1.807, 2.05) is 0 Å². The molecular weight excluding hydrogens is 197 g/mol. The monoisotopic (exact) mass is 207 g/mol. The Hall–Kier alpha value is -1.75. The van der Waals surface area contributed by atoms with Crippen LogP contribution in [0.5, 0.6) is 0 Å². The van der Waals surface area contributed by atoms with E-state index < -0.39 is 0 Å². The first-order valence-corrected chi connectivity index (χ1v) is 4.54. The van der Waals surface area contributed by atoms with E-state index in [1.54, 1.807) is 18.2 Å². The number of aromatic nitrogens is 2. The van der Waals surface area contributed by atoms with Crippen molar-refractivity contribution >= 4 is 0 Å². The van der Waals surface area contributed by atoms with Gasteiger partial charge in [-0.15, -0.1) is 0 Å². The molecule has 15 heavy (non-hydrogen) atoms. The Morgan fingerprint density at radius 2 is 2.13 bits per heavy atom. The molecule has 0 spiro atoms. The molecule has 5 heteroatoms. The zero-order valence-corrected chi connectivity index (χ0v) is 7.98. The summed E-state index contributed by atoms with van der Waals surface area (Å²) in [6, 6.07) is 6.50. The highest BCUT2D eigenvalue weighted by molar-refractivity contribution is 5.20. The van der Waals surface area contributed by atoms with Gasteiger partial charge in [-0.3, -0.25) is 0 Å². The number of benzene rings is 1. The van der Waals surface area contributed by atoms with Crippen LogP contribution in [0.15, 0.2) is 28.8 Å². The van der Waals surface area contributed by atoms with Gasteiger partial charge in [-0.2, -0.15) is 4.98 Å². The highest BCUT2D eigenvalue weighted by atomic mass is 19.1. The summed E-state index contributed by atoms with van der Waals surface area (Å²) in [5.41, 5.74) is 5.86. The molecule has 0 atom stereocenters.